The summed E-state index contributed by atoms with van der Waals surface area (Å²) >= 11 is 8.06. The van der Waals surface area contributed by atoms with Crippen molar-refractivity contribution < 1.29 is 4.74 Å². The van der Waals surface area contributed by atoms with E-state index in [1.807, 2.05) is 43.3 Å². The van der Waals surface area contributed by atoms with Crippen LogP contribution in [-0.4, -0.2) is 0 Å². The van der Waals surface area contributed by atoms with E-state index in [1.54, 1.807) is 0 Å². The maximum atomic E-state index is 5.82. The molecule has 0 heterocycles. The van der Waals surface area contributed by atoms with Crippen molar-refractivity contribution in [3.8, 4) is 11.5 Å². The zero-order valence-corrected chi connectivity index (χ0v) is 12.3. The molecule has 0 spiro atoms. The second kappa shape index (κ2) is 5.74. The maximum absolute atomic E-state index is 5.82. The molecule has 0 aliphatic rings. The van der Waals surface area contributed by atoms with Gasteiger partial charge in [0.1, 0.15) is 11.5 Å². The third-order valence-electron chi connectivity index (χ3n) is 2.44. The lowest BCUT2D eigenvalue weighted by Crippen LogP contribution is -1.89. The Morgan fingerprint density at radius 3 is 2.41 bits per heavy atom. The molecular formula is C14H12ClIO. The van der Waals surface area contributed by atoms with Gasteiger partial charge in [-0.3, -0.25) is 0 Å². The molecule has 0 radical (unpaired) electrons. The SMILES string of the molecule is Cc1cc(CCl)ccc1Oc1ccc(I)cc1. The number of aryl methyl sites for hydroxylation is 1. The van der Waals surface area contributed by atoms with Gasteiger partial charge in [0.05, 0.1) is 0 Å². The third-order valence-corrected chi connectivity index (χ3v) is 3.46. The fourth-order valence-corrected chi connectivity index (χ4v) is 2.06. The molecule has 0 aromatic heterocycles. The molecule has 0 aliphatic carbocycles. The van der Waals surface area contributed by atoms with Gasteiger partial charge >= 0.3 is 0 Å². The van der Waals surface area contributed by atoms with Gasteiger partial charge in [-0.05, 0) is 71.0 Å². The zero-order chi connectivity index (χ0) is 12.3. The molecule has 17 heavy (non-hydrogen) atoms. The van der Waals surface area contributed by atoms with E-state index in [0.717, 1.165) is 22.6 Å². The average Bonchev–Trinajstić information content (AvgIpc) is 2.34. The molecule has 0 amide bonds. The summed E-state index contributed by atoms with van der Waals surface area (Å²) in [6.45, 7) is 2.03. The van der Waals surface area contributed by atoms with Crippen LogP contribution < -0.4 is 4.74 Å². The highest BCUT2D eigenvalue weighted by atomic mass is 127. The Bertz CT molecular complexity index is 508. The van der Waals surface area contributed by atoms with Crippen LogP contribution in [-0.2, 0) is 5.88 Å². The van der Waals surface area contributed by atoms with Gasteiger partial charge in [-0.1, -0.05) is 12.1 Å². The fourth-order valence-electron chi connectivity index (χ4n) is 1.54. The lowest BCUT2D eigenvalue weighted by atomic mass is 10.1. The molecule has 2 rings (SSSR count). The summed E-state index contributed by atoms with van der Waals surface area (Å²) in [5, 5.41) is 0. The van der Waals surface area contributed by atoms with E-state index < -0.39 is 0 Å². The number of alkyl halides is 1. The number of hydrogen-bond acceptors (Lipinski definition) is 1. The largest absolute Gasteiger partial charge is 0.457 e. The molecule has 0 saturated carbocycles. The highest BCUT2D eigenvalue weighted by Gasteiger charge is 2.02. The molecule has 3 heteroatoms. The Morgan fingerprint density at radius 1 is 1.12 bits per heavy atom. The van der Waals surface area contributed by atoms with E-state index in [0.29, 0.717) is 5.88 Å². The van der Waals surface area contributed by atoms with E-state index in [9.17, 15) is 0 Å². The van der Waals surface area contributed by atoms with E-state index in [4.69, 9.17) is 16.3 Å². The van der Waals surface area contributed by atoms with Gasteiger partial charge in [0, 0.05) is 9.45 Å². The van der Waals surface area contributed by atoms with Crippen LogP contribution >= 0.6 is 34.2 Å². The lowest BCUT2D eigenvalue weighted by Gasteiger charge is -2.09. The second-order valence-corrected chi connectivity index (χ2v) is 5.30. The molecule has 0 aliphatic heterocycles. The van der Waals surface area contributed by atoms with Crippen molar-refractivity contribution in [1.82, 2.24) is 0 Å². The first kappa shape index (κ1) is 12.7. The summed E-state index contributed by atoms with van der Waals surface area (Å²) in [6, 6.07) is 14.0. The Labute approximate surface area is 120 Å². The van der Waals surface area contributed by atoms with E-state index in [-0.39, 0.29) is 0 Å². The van der Waals surface area contributed by atoms with Crippen LogP contribution in [0.5, 0.6) is 11.5 Å². The summed E-state index contributed by atoms with van der Waals surface area (Å²) in [4.78, 5) is 0. The van der Waals surface area contributed by atoms with Crippen LogP contribution in [0, 0.1) is 10.5 Å². The number of rotatable bonds is 3. The molecule has 0 unspecified atom stereocenters. The van der Waals surface area contributed by atoms with Crippen LogP contribution in [0.3, 0.4) is 0 Å². The molecule has 0 saturated heterocycles. The van der Waals surface area contributed by atoms with Crippen molar-refractivity contribution in [1.29, 1.82) is 0 Å². The topological polar surface area (TPSA) is 9.23 Å². The molecule has 1 nitrogen and oxygen atoms in total. The van der Waals surface area contributed by atoms with Gasteiger partial charge in [-0.15, -0.1) is 11.6 Å². The first-order valence-corrected chi connectivity index (χ1v) is 6.89. The van der Waals surface area contributed by atoms with E-state index >= 15 is 0 Å². The molecule has 2 aromatic rings. The van der Waals surface area contributed by atoms with Crippen molar-refractivity contribution in [2.75, 3.05) is 0 Å². The van der Waals surface area contributed by atoms with Gasteiger partial charge in [0.25, 0.3) is 0 Å². The standard InChI is InChI=1S/C14H12ClIO/c1-10-8-11(9-15)2-7-14(10)17-13-5-3-12(16)4-6-13/h2-8H,9H2,1H3. The minimum atomic E-state index is 0.532. The molecule has 88 valence electrons. The molecule has 0 bridgehead atoms. The Hall–Kier alpha value is -0.740. The van der Waals surface area contributed by atoms with E-state index in [1.165, 1.54) is 3.57 Å². The first-order valence-electron chi connectivity index (χ1n) is 5.28. The molecule has 0 fully saturated rings. The highest BCUT2D eigenvalue weighted by Crippen LogP contribution is 2.26. The van der Waals surface area contributed by atoms with Crippen molar-refractivity contribution in [3.63, 3.8) is 0 Å². The smallest absolute Gasteiger partial charge is 0.130 e. The van der Waals surface area contributed by atoms with Crippen molar-refractivity contribution in [2.45, 2.75) is 12.8 Å². The minimum absolute atomic E-state index is 0.532. The number of halogens is 2. The van der Waals surface area contributed by atoms with Crippen LogP contribution in [0.4, 0.5) is 0 Å². The second-order valence-electron chi connectivity index (χ2n) is 3.79. The monoisotopic (exact) mass is 358 g/mol. The summed E-state index contributed by atoms with van der Waals surface area (Å²) in [7, 11) is 0. The molecule has 0 N–H and O–H groups in total. The zero-order valence-electron chi connectivity index (χ0n) is 9.41. The molecule has 2 aromatic carbocycles. The van der Waals surface area contributed by atoms with Gasteiger partial charge in [0.15, 0.2) is 0 Å². The van der Waals surface area contributed by atoms with Crippen LogP contribution in [0.1, 0.15) is 11.1 Å². The summed E-state index contributed by atoms with van der Waals surface area (Å²) < 4.78 is 7.02. The lowest BCUT2D eigenvalue weighted by molar-refractivity contribution is 0.478. The Morgan fingerprint density at radius 2 is 1.82 bits per heavy atom. The normalized spacial score (nSPS) is 10.3. The Balaban J connectivity index is 2.21. The van der Waals surface area contributed by atoms with Gasteiger partial charge in [-0.25, -0.2) is 0 Å². The van der Waals surface area contributed by atoms with Crippen molar-refractivity contribution in [2.24, 2.45) is 0 Å². The molecule has 0 atom stereocenters. The fraction of sp³-hybridized carbons (Fsp3) is 0.143. The summed E-state index contributed by atoms with van der Waals surface area (Å²) in [5.74, 6) is 2.26. The average molecular weight is 359 g/mol. The quantitative estimate of drug-likeness (QED) is 0.546. The van der Waals surface area contributed by atoms with Crippen molar-refractivity contribution in [3.05, 3.63) is 57.2 Å². The third kappa shape index (κ3) is 3.36. The van der Waals surface area contributed by atoms with E-state index in [2.05, 4.69) is 28.7 Å². The van der Waals surface area contributed by atoms with Crippen LogP contribution in [0.2, 0.25) is 0 Å². The number of ether oxygens (including phenoxy) is 1. The Kier molecular flexibility index (Phi) is 4.29. The van der Waals surface area contributed by atoms with Crippen LogP contribution in [0.25, 0.3) is 0 Å². The number of benzene rings is 2. The minimum Gasteiger partial charge on any atom is -0.457 e. The van der Waals surface area contributed by atoms with Crippen molar-refractivity contribution >= 4 is 34.2 Å². The molecular weight excluding hydrogens is 347 g/mol. The van der Waals surface area contributed by atoms with Gasteiger partial charge in [0.2, 0.25) is 0 Å². The first-order chi connectivity index (χ1) is 8.19. The summed E-state index contributed by atoms with van der Waals surface area (Å²) in [5.41, 5.74) is 2.21. The maximum Gasteiger partial charge on any atom is 0.130 e. The predicted octanol–water partition coefficient (Wildman–Crippen LogP) is 5.13. The van der Waals surface area contributed by atoms with Gasteiger partial charge in [-0.2, -0.15) is 0 Å². The summed E-state index contributed by atoms with van der Waals surface area (Å²) in [6.07, 6.45) is 0. The predicted molar refractivity (Wildman–Crippen MR) is 80.0 cm³/mol. The van der Waals surface area contributed by atoms with Crippen LogP contribution in [0.15, 0.2) is 42.5 Å². The van der Waals surface area contributed by atoms with Gasteiger partial charge < -0.3 is 4.74 Å². The number of hydrogen-bond donors (Lipinski definition) is 0. The highest BCUT2D eigenvalue weighted by molar-refractivity contribution is 14.1.